The number of alkyl halides is 1. The number of hydrogen-bond donors (Lipinski definition) is 1. The fourth-order valence-corrected chi connectivity index (χ4v) is 5.46. The fourth-order valence-electron chi connectivity index (χ4n) is 5.46. The normalized spacial score (nSPS) is 20.9. The summed E-state index contributed by atoms with van der Waals surface area (Å²) in [5.74, 6) is 0.886. The van der Waals surface area contributed by atoms with E-state index in [1.54, 1.807) is 0 Å². The Balaban J connectivity index is 1.60. The van der Waals surface area contributed by atoms with E-state index in [9.17, 15) is 4.39 Å². The molecular formula is C32H42FN3O2. The second-order valence-electron chi connectivity index (χ2n) is 10.1. The van der Waals surface area contributed by atoms with Gasteiger partial charge in [-0.2, -0.15) is 0 Å². The van der Waals surface area contributed by atoms with Crippen molar-refractivity contribution in [1.82, 2.24) is 4.90 Å². The zero-order valence-corrected chi connectivity index (χ0v) is 22.9. The average Bonchev–Trinajstić information content (AvgIpc) is 3.37. The molecule has 1 fully saturated rings. The smallest absolute Gasteiger partial charge is 0.137 e. The number of ether oxygens (including phenoxy) is 2. The number of nitrogens with zero attached hydrogens (tertiary/aromatic N) is 2. The number of anilines is 1. The van der Waals surface area contributed by atoms with Gasteiger partial charge < -0.3 is 15.2 Å². The molecule has 0 unspecified atom stereocenters. The van der Waals surface area contributed by atoms with Crippen molar-refractivity contribution < 1.29 is 13.9 Å². The van der Waals surface area contributed by atoms with Crippen molar-refractivity contribution in [3.05, 3.63) is 76.4 Å². The molecule has 0 radical (unpaired) electrons. The number of nitrogen functional groups attached to an aromatic ring is 1. The molecule has 1 saturated heterocycles. The van der Waals surface area contributed by atoms with Gasteiger partial charge in [0.05, 0.1) is 6.67 Å². The third-order valence-corrected chi connectivity index (χ3v) is 7.44. The number of halogens is 1. The predicted molar refractivity (Wildman–Crippen MR) is 156 cm³/mol. The summed E-state index contributed by atoms with van der Waals surface area (Å²) in [6, 6.07) is 14.9. The van der Waals surface area contributed by atoms with Crippen LogP contribution in [0.5, 0.6) is 5.75 Å². The summed E-state index contributed by atoms with van der Waals surface area (Å²) in [7, 11) is 0. The number of aryl methyl sites for hydroxylation is 1. The topological polar surface area (TPSA) is 60.1 Å². The maximum absolute atomic E-state index is 12.5. The predicted octanol–water partition coefficient (Wildman–Crippen LogP) is 6.43. The molecular weight excluding hydrogens is 477 g/mol. The third-order valence-electron chi connectivity index (χ3n) is 7.44. The fraction of sp³-hybridized carbons (Fsp3) is 0.469. The van der Waals surface area contributed by atoms with Gasteiger partial charge in [0.15, 0.2) is 0 Å². The van der Waals surface area contributed by atoms with E-state index in [-0.39, 0.29) is 12.8 Å². The molecule has 0 saturated carbocycles. The summed E-state index contributed by atoms with van der Waals surface area (Å²) >= 11 is 0. The van der Waals surface area contributed by atoms with Crippen LogP contribution >= 0.6 is 0 Å². The van der Waals surface area contributed by atoms with Crippen LogP contribution < -0.4 is 10.5 Å². The van der Waals surface area contributed by atoms with Gasteiger partial charge in [-0.25, -0.2) is 0 Å². The van der Waals surface area contributed by atoms with E-state index < -0.39 is 0 Å². The SMILES string of the molecule is C/C=C(\C=N/COCC)C1=C(\c2ccc(O[C@H]3CCN(CCCF)C3)cc2)Cc2ccc(N)cc2CCC\1. The Hall–Kier alpha value is -2.96. The number of fused-ring (bicyclic) bond motifs is 1. The minimum absolute atomic E-state index is 0.158. The molecule has 1 atom stereocenters. The molecule has 1 aliphatic heterocycles. The molecule has 1 aliphatic carbocycles. The zero-order valence-electron chi connectivity index (χ0n) is 22.9. The van der Waals surface area contributed by atoms with Crippen LogP contribution in [0.2, 0.25) is 0 Å². The van der Waals surface area contributed by atoms with Crippen LogP contribution in [0.15, 0.2) is 64.7 Å². The summed E-state index contributed by atoms with van der Waals surface area (Å²) in [5, 5.41) is 0. The Morgan fingerprint density at radius 2 is 2.00 bits per heavy atom. The van der Waals surface area contributed by atoms with Crippen molar-refractivity contribution in [3.63, 3.8) is 0 Å². The summed E-state index contributed by atoms with van der Waals surface area (Å²) in [6.07, 6.45) is 9.73. The van der Waals surface area contributed by atoms with Crippen molar-refractivity contribution in [2.45, 2.75) is 58.5 Å². The monoisotopic (exact) mass is 519 g/mol. The van der Waals surface area contributed by atoms with Gasteiger partial charge in [-0.1, -0.05) is 24.3 Å². The van der Waals surface area contributed by atoms with E-state index in [0.717, 1.165) is 68.7 Å². The molecule has 0 aromatic heterocycles. The Morgan fingerprint density at radius 3 is 2.76 bits per heavy atom. The molecule has 4 rings (SSSR count). The third kappa shape index (κ3) is 7.55. The first-order valence-corrected chi connectivity index (χ1v) is 14.0. The van der Waals surface area contributed by atoms with Crippen LogP contribution in [-0.4, -0.2) is 56.9 Å². The molecule has 1 heterocycles. The van der Waals surface area contributed by atoms with E-state index in [1.807, 2.05) is 19.2 Å². The van der Waals surface area contributed by atoms with Gasteiger partial charge in [0.25, 0.3) is 0 Å². The second kappa shape index (κ2) is 14.3. The largest absolute Gasteiger partial charge is 0.489 e. The van der Waals surface area contributed by atoms with Crippen LogP contribution in [0, 0.1) is 0 Å². The zero-order chi connectivity index (χ0) is 26.7. The Morgan fingerprint density at radius 1 is 1.16 bits per heavy atom. The number of likely N-dealkylation sites (tertiary alicyclic amines) is 1. The van der Waals surface area contributed by atoms with Gasteiger partial charge in [-0.15, -0.1) is 0 Å². The highest BCUT2D eigenvalue weighted by atomic mass is 19.1. The van der Waals surface area contributed by atoms with E-state index >= 15 is 0 Å². The van der Waals surface area contributed by atoms with Crippen LogP contribution in [0.1, 0.15) is 56.2 Å². The van der Waals surface area contributed by atoms with Crippen molar-refractivity contribution in [2.75, 3.05) is 45.4 Å². The van der Waals surface area contributed by atoms with E-state index in [2.05, 4.69) is 59.3 Å². The van der Waals surface area contributed by atoms with Gasteiger partial charge in [0, 0.05) is 38.1 Å². The lowest BCUT2D eigenvalue weighted by molar-refractivity contribution is 0.156. The van der Waals surface area contributed by atoms with Gasteiger partial charge in [-0.05, 0) is 110 Å². The van der Waals surface area contributed by atoms with Crippen LogP contribution in [0.25, 0.3) is 5.57 Å². The molecule has 2 aromatic rings. The molecule has 2 aromatic carbocycles. The molecule has 6 heteroatoms. The molecule has 2 aliphatic rings. The summed E-state index contributed by atoms with van der Waals surface area (Å²) < 4.78 is 24.3. The number of benzene rings is 2. The first kappa shape index (κ1) is 28.1. The molecule has 0 amide bonds. The lowest BCUT2D eigenvalue weighted by Crippen LogP contribution is -2.26. The summed E-state index contributed by atoms with van der Waals surface area (Å²) in [6.45, 7) is 7.47. The highest BCUT2D eigenvalue weighted by Crippen LogP contribution is 2.35. The van der Waals surface area contributed by atoms with Crippen molar-refractivity contribution >= 4 is 17.5 Å². The molecule has 204 valence electrons. The summed E-state index contributed by atoms with van der Waals surface area (Å²) in [5.41, 5.74) is 14.6. The number of aliphatic imine (C=N–C) groups is 1. The molecule has 0 bridgehead atoms. The van der Waals surface area contributed by atoms with Gasteiger partial charge in [-0.3, -0.25) is 14.3 Å². The Kier molecular flexibility index (Phi) is 10.5. The molecule has 5 nitrogen and oxygen atoms in total. The van der Waals surface area contributed by atoms with Gasteiger partial charge >= 0.3 is 0 Å². The minimum atomic E-state index is -0.257. The highest BCUT2D eigenvalue weighted by molar-refractivity contribution is 5.90. The average molecular weight is 520 g/mol. The number of allylic oxidation sites excluding steroid dienone is 4. The Labute approximate surface area is 227 Å². The maximum atomic E-state index is 12.5. The lowest BCUT2D eigenvalue weighted by atomic mass is 9.83. The van der Waals surface area contributed by atoms with Crippen molar-refractivity contribution in [2.24, 2.45) is 4.99 Å². The van der Waals surface area contributed by atoms with Crippen LogP contribution in [0.4, 0.5) is 10.1 Å². The standard InChI is InChI=1S/C32H42FN3O2/c1-3-24(21-35-23-37-4-2)31-8-5-7-26-19-28(34)12-9-27(26)20-32(31)25-10-13-29(14-11-25)38-30-15-18-36(22-30)17-6-16-33/h3,9-14,19,21,30H,4-8,15-18,20,22-23,34H2,1-2H3/b24-3+,32-31-,35-21-/t30-/m0/s1. The quantitative estimate of drug-likeness (QED) is 0.211. The van der Waals surface area contributed by atoms with Gasteiger partial charge in [0.1, 0.15) is 18.6 Å². The van der Waals surface area contributed by atoms with Gasteiger partial charge in [0.2, 0.25) is 0 Å². The number of hydrogen-bond acceptors (Lipinski definition) is 5. The minimum Gasteiger partial charge on any atom is -0.489 e. The molecule has 38 heavy (non-hydrogen) atoms. The molecule has 0 spiro atoms. The lowest BCUT2D eigenvalue weighted by Gasteiger charge is -2.23. The van der Waals surface area contributed by atoms with Crippen molar-refractivity contribution in [3.8, 4) is 5.75 Å². The van der Waals surface area contributed by atoms with E-state index in [1.165, 1.54) is 27.8 Å². The van der Waals surface area contributed by atoms with Crippen LogP contribution in [-0.2, 0) is 17.6 Å². The highest BCUT2D eigenvalue weighted by Gasteiger charge is 2.24. The first-order chi connectivity index (χ1) is 18.6. The van der Waals surface area contributed by atoms with Crippen LogP contribution in [0.3, 0.4) is 0 Å². The first-order valence-electron chi connectivity index (χ1n) is 14.0. The van der Waals surface area contributed by atoms with E-state index in [4.69, 9.17) is 15.2 Å². The van der Waals surface area contributed by atoms with Crippen molar-refractivity contribution in [1.29, 1.82) is 0 Å². The summed E-state index contributed by atoms with van der Waals surface area (Å²) in [4.78, 5) is 6.82. The number of nitrogens with two attached hydrogens (primary N) is 1. The Bertz CT molecular complexity index is 1140. The number of rotatable bonds is 11. The van der Waals surface area contributed by atoms with E-state index in [0.29, 0.717) is 19.8 Å². The second-order valence-corrected chi connectivity index (χ2v) is 10.1. The molecule has 2 N–H and O–H groups in total. The maximum Gasteiger partial charge on any atom is 0.137 e.